The highest BCUT2D eigenvalue weighted by Crippen LogP contribution is 2.66. The van der Waals surface area contributed by atoms with Gasteiger partial charge in [-0.05, 0) is 37.0 Å². The lowest BCUT2D eigenvalue weighted by Crippen LogP contribution is -2.38. The van der Waals surface area contributed by atoms with Crippen LogP contribution in [0.15, 0.2) is 0 Å². The number of methoxy groups -OCH3 is 1. The second kappa shape index (κ2) is 6.66. The van der Waals surface area contributed by atoms with Crippen LogP contribution in [-0.2, 0) is 19.0 Å². The molecular formula is C17H30O4. The number of hydrogen-bond acceptors (Lipinski definition) is 4. The summed E-state index contributed by atoms with van der Waals surface area (Å²) in [6, 6.07) is 0. The number of hydrogen-bond donors (Lipinski definition) is 0. The fourth-order valence-corrected chi connectivity index (χ4v) is 4.09. The average Bonchev–Trinajstić information content (AvgIpc) is 2.76. The first kappa shape index (κ1) is 16.8. The van der Waals surface area contributed by atoms with Gasteiger partial charge < -0.3 is 14.2 Å². The van der Waals surface area contributed by atoms with Gasteiger partial charge in [0, 0.05) is 25.6 Å². The largest absolute Gasteiger partial charge is 0.462 e. The van der Waals surface area contributed by atoms with Crippen molar-refractivity contribution in [3.8, 4) is 0 Å². The quantitative estimate of drug-likeness (QED) is 0.510. The molecule has 2 rings (SSSR count). The highest BCUT2D eigenvalue weighted by molar-refractivity contribution is 5.69. The first-order valence-electron chi connectivity index (χ1n) is 8.18. The molecule has 2 fully saturated rings. The van der Waals surface area contributed by atoms with Gasteiger partial charge in [0.2, 0.25) is 0 Å². The maximum atomic E-state index is 12.0. The molecule has 2 aliphatic carbocycles. The van der Waals surface area contributed by atoms with Crippen LogP contribution in [0.2, 0.25) is 0 Å². The topological polar surface area (TPSA) is 44.8 Å². The van der Waals surface area contributed by atoms with Crippen LogP contribution in [0.4, 0.5) is 0 Å². The van der Waals surface area contributed by atoms with Crippen LogP contribution >= 0.6 is 0 Å². The molecule has 4 nitrogen and oxygen atoms in total. The highest BCUT2D eigenvalue weighted by Gasteiger charge is 2.62. The molecule has 0 aromatic heterocycles. The van der Waals surface area contributed by atoms with E-state index in [0.717, 1.165) is 12.8 Å². The molecule has 0 aromatic carbocycles. The lowest BCUT2D eigenvalue weighted by atomic mass is 9.70. The van der Waals surface area contributed by atoms with Crippen LogP contribution in [0.5, 0.6) is 0 Å². The second-order valence-electron chi connectivity index (χ2n) is 7.30. The summed E-state index contributed by atoms with van der Waals surface area (Å²) in [5.74, 6) is 0.637. The van der Waals surface area contributed by atoms with Crippen LogP contribution in [0.1, 0.15) is 52.9 Å². The Bertz CT molecular complexity index is 366. The van der Waals surface area contributed by atoms with Crippen molar-refractivity contribution in [2.75, 3.05) is 26.9 Å². The van der Waals surface area contributed by atoms with Gasteiger partial charge in [-0.2, -0.15) is 0 Å². The van der Waals surface area contributed by atoms with E-state index in [1.165, 1.54) is 12.8 Å². The van der Waals surface area contributed by atoms with E-state index in [1.54, 1.807) is 7.11 Å². The second-order valence-corrected chi connectivity index (χ2v) is 7.30. The van der Waals surface area contributed by atoms with Crippen molar-refractivity contribution in [2.24, 2.45) is 16.7 Å². The fourth-order valence-electron chi connectivity index (χ4n) is 4.09. The van der Waals surface area contributed by atoms with Crippen LogP contribution in [0, 0.1) is 16.7 Å². The standard InChI is InChI=1S/C17H30O4/c1-16(2)13-7-8-17(16,3)14(12-13)21-15(18)6-5-9-20-11-10-19-4/h13-14H,5-12H2,1-4H3. The zero-order chi connectivity index (χ0) is 15.5. The summed E-state index contributed by atoms with van der Waals surface area (Å²) in [6.07, 6.45) is 4.78. The molecule has 0 saturated heterocycles. The zero-order valence-electron chi connectivity index (χ0n) is 13.9. The predicted molar refractivity (Wildman–Crippen MR) is 81.0 cm³/mol. The van der Waals surface area contributed by atoms with Gasteiger partial charge in [0.1, 0.15) is 6.10 Å². The summed E-state index contributed by atoms with van der Waals surface area (Å²) in [6.45, 7) is 8.74. The predicted octanol–water partition coefficient (Wildman–Crippen LogP) is 3.19. The third-order valence-corrected chi connectivity index (χ3v) is 6.09. The minimum absolute atomic E-state index is 0.0695. The molecule has 2 saturated carbocycles. The van der Waals surface area contributed by atoms with Gasteiger partial charge in [0.25, 0.3) is 0 Å². The Hall–Kier alpha value is -0.610. The van der Waals surface area contributed by atoms with E-state index in [0.29, 0.717) is 37.6 Å². The van der Waals surface area contributed by atoms with Crippen molar-refractivity contribution >= 4 is 5.97 Å². The number of carbonyl (C=O) groups excluding carboxylic acids is 1. The summed E-state index contributed by atoms with van der Waals surface area (Å²) < 4.78 is 16.1. The molecule has 122 valence electrons. The normalized spacial score (nSPS) is 33.3. The average molecular weight is 298 g/mol. The van der Waals surface area contributed by atoms with Crippen molar-refractivity contribution in [2.45, 2.75) is 59.0 Å². The van der Waals surface area contributed by atoms with Gasteiger partial charge in [-0.25, -0.2) is 0 Å². The minimum Gasteiger partial charge on any atom is -0.462 e. The molecule has 0 N–H and O–H groups in total. The van der Waals surface area contributed by atoms with E-state index < -0.39 is 0 Å². The molecule has 0 heterocycles. The Kier molecular flexibility index (Phi) is 5.31. The summed E-state index contributed by atoms with van der Waals surface area (Å²) in [5, 5.41) is 0. The fraction of sp³-hybridized carbons (Fsp3) is 0.941. The van der Waals surface area contributed by atoms with Crippen LogP contribution in [-0.4, -0.2) is 39.0 Å². The number of esters is 1. The SMILES string of the molecule is COCCOCCCC(=O)OC1CC2CCC1(C)C2(C)C. The molecular weight excluding hydrogens is 268 g/mol. The molecule has 2 aliphatic rings. The Morgan fingerprint density at radius 3 is 2.52 bits per heavy atom. The van der Waals surface area contributed by atoms with Crippen LogP contribution < -0.4 is 0 Å². The summed E-state index contributed by atoms with van der Waals surface area (Å²) >= 11 is 0. The third-order valence-electron chi connectivity index (χ3n) is 6.09. The molecule has 3 atom stereocenters. The monoisotopic (exact) mass is 298 g/mol. The maximum Gasteiger partial charge on any atom is 0.306 e. The van der Waals surface area contributed by atoms with E-state index in [4.69, 9.17) is 14.2 Å². The van der Waals surface area contributed by atoms with Crippen LogP contribution in [0.3, 0.4) is 0 Å². The number of ether oxygens (including phenoxy) is 3. The molecule has 0 amide bonds. The molecule has 0 aromatic rings. The molecule has 4 heteroatoms. The highest BCUT2D eigenvalue weighted by atomic mass is 16.5. The van der Waals surface area contributed by atoms with Crippen molar-refractivity contribution in [3.63, 3.8) is 0 Å². The van der Waals surface area contributed by atoms with Gasteiger partial charge in [-0.1, -0.05) is 20.8 Å². The summed E-state index contributed by atoms with van der Waals surface area (Å²) in [5.41, 5.74) is 0.448. The van der Waals surface area contributed by atoms with Crippen molar-refractivity contribution in [3.05, 3.63) is 0 Å². The minimum atomic E-state index is -0.0695. The van der Waals surface area contributed by atoms with Gasteiger partial charge in [-0.15, -0.1) is 0 Å². The molecule has 0 radical (unpaired) electrons. The van der Waals surface area contributed by atoms with E-state index in [9.17, 15) is 4.79 Å². The number of rotatable bonds is 8. The molecule has 0 spiro atoms. The Morgan fingerprint density at radius 2 is 1.95 bits per heavy atom. The number of fused-ring (bicyclic) bond motifs is 2. The number of carbonyl (C=O) groups is 1. The van der Waals surface area contributed by atoms with Crippen molar-refractivity contribution in [1.82, 2.24) is 0 Å². The summed E-state index contributed by atoms with van der Waals surface area (Å²) in [7, 11) is 1.65. The van der Waals surface area contributed by atoms with E-state index in [2.05, 4.69) is 20.8 Å². The first-order valence-corrected chi connectivity index (χ1v) is 8.18. The molecule has 0 aliphatic heterocycles. The Labute approximate surface area is 128 Å². The maximum absolute atomic E-state index is 12.0. The molecule has 3 unspecified atom stereocenters. The van der Waals surface area contributed by atoms with Gasteiger partial charge in [-0.3, -0.25) is 4.79 Å². The first-order chi connectivity index (χ1) is 9.91. The Morgan fingerprint density at radius 1 is 1.19 bits per heavy atom. The van der Waals surface area contributed by atoms with E-state index >= 15 is 0 Å². The van der Waals surface area contributed by atoms with E-state index in [1.807, 2.05) is 0 Å². The molecule has 21 heavy (non-hydrogen) atoms. The van der Waals surface area contributed by atoms with E-state index in [-0.39, 0.29) is 17.5 Å². The Balaban J connectivity index is 1.70. The van der Waals surface area contributed by atoms with Crippen LogP contribution in [0.25, 0.3) is 0 Å². The third kappa shape index (κ3) is 3.26. The van der Waals surface area contributed by atoms with Gasteiger partial charge >= 0.3 is 5.97 Å². The lowest BCUT2D eigenvalue weighted by molar-refractivity contribution is -0.157. The zero-order valence-corrected chi connectivity index (χ0v) is 13.9. The molecule has 2 bridgehead atoms. The van der Waals surface area contributed by atoms with Gasteiger partial charge in [0.05, 0.1) is 13.2 Å². The van der Waals surface area contributed by atoms with Crippen molar-refractivity contribution < 1.29 is 19.0 Å². The van der Waals surface area contributed by atoms with Gasteiger partial charge in [0.15, 0.2) is 0 Å². The smallest absolute Gasteiger partial charge is 0.306 e. The lowest BCUT2D eigenvalue weighted by Gasteiger charge is -2.38. The summed E-state index contributed by atoms with van der Waals surface area (Å²) in [4.78, 5) is 12.0. The van der Waals surface area contributed by atoms with Crippen molar-refractivity contribution in [1.29, 1.82) is 0 Å².